The third-order valence-corrected chi connectivity index (χ3v) is 3.51. The number of carbonyl (C=O) groups excluding carboxylic acids is 1. The molecule has 0 atom stereocenters. The highest BCUT2D eigenvalue weighted by Gasteiger charge is 2.33. The maximum Gasteiger partial charge on any atom is 0.417 e. The average Bonchev–Trinajstić information content (AvgIpc) is 2.66. The number of aryl methyl sites for hydroxylation is 2. The third-order valence-electron chi connectivity index (χ3n) is 2.82. The summed E-state index contributed by atoms with van der Waals surface area (Å²) in [7, 11) is 0. The van der Waals surface area contributed by atoms with E-state index in [1.807, 2.05) is 0 Å². The van der Waals surface area contributed by atoms with Crippen LogP contribution in [0.1, 0.15) is 33.0 Å². The standard InChI is InChI=1S/C14H10BrF3O2/c1-7-5-10(8(2)20-7)13(19)9-3-4-12(15)11(6-9)14(16,17)18/h3-6H,1-2H3. The molecule has 0 saturated heterocycles. The summed E-state index contributed by atoms with van der Waals surface area (Å²) < 4.78 is 43.6. The number of rotatable bonds is 2. The van der Waals surface area contributed by atoms with Gasteiger partial charge >= 0.3 is 6.18 Å². The highest BCUT2D eigenvalue weighted by Crippen LogP contribution is 2.35. The van der Waals surface area contributed by atoms with Crippen molar-refractivity contribution in [3.63, 3.8) is 0 Å². The van der Waals surface area contributed by atoms with Crippen molar-refractivity contribution in [1.29, 1.82) is 0 Å². The summed E-state index contributed by atoms with van der Waals surface area (Å²) >= 11 is 2.84. The average molecular weight is 347 g/mol. The van der Waals surface area contributed by atoms with Gasteiger partial charge in [-0.2, -0.15) is 13.2 Å². The quantitative estimate of drug-likeness (QED) is 0.723. The minimum Gasteiger partial charge on any atom is -0.466 e. The van der Waals surface area contributed by atoms with E-state index in [9.17, 15) is 18.0 Å². The molecule has 0 N–H and O–H groups in total. The Bertz CT molecular complexity index is 672. The lowest BCUT2D eigenvalue weighted by Gasteiger charge is -2.10. The minimum absolute atomic E-state index is 0.0237. The Hall–Kier alpha value is -1.56. The van der Waals surface area contributed by atoms with E-state index in [4.69, 9.17) is 4.42 Å². The monoisotopic (exact) mass is 346 g/mol. The minimum atomic E-state index is -4.52. The summed E-state index contributed by atoms with van der Waals surface area (Å²) in [6, 6.07) is 4.93. The SMILES string of the molecule is Cc1cc(C(=O)c2ccc(Br)c(C(F)(F)F)c2)c(C)o1. The Kier molecular flexibility index (Phi) is 3.77. The molecular formula is C14H10BrF3O2. The van der Waals surface area contributed by atoms with Crippen LogP contribution in [0.3, 0.4) is 0 Å². The lowest BCUT2D eigenvalue weighted by molar-refractivity contribution is -0.138. The second kappa shape index (κ2) is 5.09. The van der Waals surface area contributed by atoms with Gasteiger partial charge in [0.1, 0.15) is 11.5 Å². The van der Waals surface area contributed by atoms with E-state index in [0.717, 1.165) is 6.07 Å². The second-order valence-electron chi connectivity index (χ2n) is 4.35. The van der Waals surface area contributed by atoms with Gasteiger partial charge in [-0.1, -0.05) is 15.9 Å². The Morgan fingerprint density at radius 3 is 2.35 bits per heavy atom. The maximum absolute atomic E-state index is 12.8. The molecule has 0 saturated carbocycles. The van der Waals surface area contributed by atoms with E-state index in [1.165, 1.54) is 18.2 Å². The molecule has 0 aliphatic carbocycles. The summed E-state index contributed by atoms with van der Waals surface area (Å²) in [5.41, 5.74) is -0.622. The van der Waals surface area contributed by atoms with E-state index in [-0.39, 0.29) is 15.6 Å². The fourth-order valence-electron chi connectivity index (χ4n) is 1.90. The van der Waals surface area contributed by atoms with E-state index in [2.05, 4.69) is 15.9 Å². The summed E-state index contributed by atoms with van der Waals surface area (Å²) in [4.78, 5) is 12.2. The van der Waals surface area contributed by atoms with Crippen LogP contribution in [0.2, 0.25) is 0 Å². The number of hydrogen-bond donors (Lipinski definition) is 0. The first-order valence-corrected chi connectivity index (χ1v) is 6.48. The van der Waals surface area contributed by atoms with Gasteiger partial charge in [-0.3, -0.25) is 4.79 Å². The zero-order chi connectivity index (χ0) is 15.1. The molecule has 2 rings (SSSR count). The van der Waals surface area contributed by atoms with Crippen molar-refractivity contribution in [3.05, 3.63) is 56.9 Å². The number of alkyl halides is 3. The van der Waals surface area contributed by atoms with E-state index >= 15 is 0 Å². The molecule has 0 bridgehead atoms. The number of benzene rings is 1. The zero-order valence-electron chi connectivity index (χ0n) is 10.6. The molecule has 1 aromatic carbocycles. The van der Waals surface area contributed by atoms with Gasteiger partial charge in [0.05, 0.1) is 11.1 Å². The largest absolute Gasteiger partial charge is 0.466 e. The molecule has 0 amide bonds. The summed E-state index contributed by atoms with van der Waals surface area (Å²) in [5, 5.41) is 0. The predicted molar refractivity (Wildman–Crippen MR) is 70.8 cm³/mol. The van der Waals surface area contributed by atoms with Gasteiger partial charge in [-0.25, -0.2) is 0 Å². The Morgan fingerprint density at radius 2 is 1.85 bits per heavy atom. The topological polar surface area (TPSA) is 30.2 Å². The normalized spacial score (nSPS) is 11.7. The Balaban J connectivity index is 2.49. The lowest BCUT2D eigenvalue weighted by Crippen LogP contribution is -2.09. The molecule has 0 aliphatic rings. The zero-order valence-corrected chi connectivity index (χ0v) is 12.2. The van der Waals surface area contributed by atoms with E-state index in [0.29, 0.717) is 11.5 Å². The van der Waals surface area contributed by atoms with Crippen LogP contribution < -0.4 is 0 Å². The van der Waals surface area contributed by atoms with Gasteiger partial charge in [0.25, 0.3) is 0 Å². The number of hydrogen-bond acceptors (Lipinski definition) is 2. The molecule has 6 heteroatoms. The van der Waals surface area contributed by atoms with Crippen LogP contribution in [0.4, 0.5) is 13.2 Å². The predicted octanol–water partition coefficient (Wildman–Crippen LogP) is 4.91. The van der Waals surface area contributed by atoms with Crippen LogP contribution in [0.5, 0.6) is 0 Å². The van der Waals surface area contributed by atoms with Crippen LogP contribution >= 0.6 is 15.9 Å². The van der Waals surface area contributed by atoms with Gasteiger partial charge in [0.2, 0.25) is 0 Å². The molecule has 106 valence electrons. The molecule has 0 unspecified atom stereocenters. The molecule has 2 aromatic rings. The lowest BCUT2D eigenvalue weighted by atomic mass is 10.0. The van der Waals surface area contributed by atoms with Gasteiger partial charge < -0.3 is 4.42 Å². The van der Waals surface area contributed by atoms with Crippen molar-refractivity contribution in [3.8, 4) is 0 Å². The molecule has 0 aliphatic heterocycles. The fraction of sp³-hybridized carbons (Fsp3) is 0.214. The molecule has 20 heavy (non-hydrogen) atoms. The second-order valence-corrected chi connectivity index (χ2v) is 5.20. The van der Waals surface area contributed by atoms with Crippen molar-refractivity contribution in [1.82, 2.24) is 0 Å². The van der Waals surface area contributed by atoms with Gasteiger partial charge in [-0.05, 0) is 38.1 Å². The highest BCUT2D eigenvalue weighted by molar-refractivity contribution is 9.10. The molecule has 0 fully saturated rings. The molecule has 1 heterocycles. The molecule has 0 spiro atoms. The van der Waals surface area contributed by atoms with Crippen molar-refractivity contribution in [2.45, 2.75) is 20.0 Å². The van der Waals surface area contributed by atoms with Crippen LogP contribution in [0, 0.1) is 13.8 Å². The van der Waals surface area contributed by atoms with Gasteiger partial charge in [-0.15, -0.1) is 0 Å². The summed E-state index contributed by atoms with van der Waals surface area (Å²) in [6.45, 7) is 3.27. The molecule has 0 radical (unpaired) electrons. The van der Waals surface area contributed by atoms with Crippen molar-refractivity contribution in [2.24, 2.45) is 0 Å². The number of halogens is 4. The van der Waals surface area contributed by atoms with Gasteiger partial charge in [0, 0.05) is 10.0 Å². The van der Waals surface area contributed by atoms with Crippen molar-refractivity contribution < 1.29 is 22.4 Å². The van der Waals surface area contributed by atoms with Crippen molar-refractivity contribution in [2.75, 3.05) is 0 Å². The molecular weight excluding hydrogens is 337 g/mol. The number of carbonyl (C=O) groups is 1. The third kappa shape index (κ3) is 2.80. The van der Waals surface area contributed by atoms with Crippen LogP contribution in [0.15, 0.2) is 33.2 Å². The first-order valence-electron chi connectivity index (χ1n) is 5.68. The first-order chi connectivity index (χ1) is 9.20. The van der Waals surface area contributed by atoms with Crippen molar-refractivity contribution >= 4 is 21.7 Å². The smallest absolute Gasteiger partial charge is 0.417 e. The van der Waals surface area contributed by atoms with E-state index in [1.54, 1.807) is 13.8 Å². The van der Waals surface area contributed by atoms with Crippen LogP contribution in [0.25, 0.3) is 0 Å². The van der Waals surface area contributed by atoms with E-state index < -0.39 is 17.5 Å². The molecule has 2 nitrogen and oxygen atoms in total. The molecule has 1 aromatic heterocycles. The Labute approximate surface area is 121 Å². The maximum atomic E-state index is 12.8. The van der Waals surface area contributed by atoms with Crippen LogP contribution in [-0.4, -0.2) is 5.78 Å². The summed E-state index contributed by atoms with van der Waals surface area (Å²) in [5.74, 6) is 0.445. The summed E-state index contributed by atoms with van der Waals surface area (Å²) in [6.07, 6.45) is -4.52. The Morgan fingerprint density at radius 1 is 1.20 bits per heavy atom. The number of ketones is 1. The van der Waals surface area contributed by atoms with Crippen LogP contribution in [-0.2, 0) is 6.18 Å². The highest BCUT2D eigenvalue weighted by atomic mass is 79.9. The van der Waals surface area contributed by atoms with Gasteiger partial charge in [0.15, 0.2) is 5.78 Å². The fourth-order valence-corrected chi connectivity index (χ4v) is 2.37. The number of furan rings is 1. The first kappa shape index (κ1) is 14.8.